The van der Waals surface area contributed by atoms with Crippen molar-refractivity contribution in [3.63, 3.8) is 0 Å². The second-order valence-electron chi connectivity index (χ2n) is 12.3. The van der Waals surface area contributed by atoms with Crippen LogP contribution in [0.5, 0.6) is 0 Å². The minimum Gasteiger partial charge on any atom is -0.368 e. The van der Waals surface area contributed by atoms with Crippen LogP contribution < -0.4 is 16.5 Å². The number of nitrogen functional groups attached to an aromatic ring is 1. The lowest BCUT2D eigenvalue weighted by Gasteiger charge is -2.33. The Balaban J connectivity index is 1.07. The number of thiophene rings is 1. The molecule has 14 heteroatoms. The maximum absolute atomic E-state index is 13.0. The van der Waals surface area contributed by atoms with E-state index in [0.717, 1.165) is 93.7 Å². The van der Waals surface area contributed by atoms with Gasteiger partial charge in [0.2, 0.25) is 5.95 Å². The van der Waals surface area contributed by atoms with Crippen molar-refractivity contribution in [2.75, 3.05) is 50.8 Å². The van der Waals surface area contributed by atoms with Gasteiger partial charge in [-0.2, -0.15) is 23.4 Å². The van der Waals surface area contributed by atoms with Gasteiger partial charge in [0, 0.05) is 74.7 Å². The molecule has 2 aliphatic rings. The summed E-state index contributed by atoms with van der Waals surface area (Å²) >= 11 is 1.01. The van der Waals surface area contributed by atoms with Crippen molar-refractivity contribution in [3.05, 3.63) is 46.0 Å². The summed E-state index contributed by atoms with van der Waals surface area (Å²) in [5.74, 6) is 0.545. The molecule has 0 bridgehead atoms. The maximum atomic E-state index is 13.0. The van der Waals surface area contributed by atoms with Crippen molar-refractivity contribution < 1.29 is 18.0 Å². The number of anilines is 2. The van der Waals surface area contributed by atoms with E-state index in [0.29, 0.717) is 21.7 Å². The average molecular weight is 656 g/mol. The molecule has 0 aliphatic carbocycles. The Kier molecular flexibility index (Phi) is 9.67. The van der Waals surface area contributed by atoms with E-state index < -0.39 is 12.6 Å². The van der Waals surface area contributed by atoms with Crippen LogP contribution >= 0.6 is 11.3 Å². The van der Waals surface area contributed by atoms with Crippen molar-refractivity contribution in [2.24, 2.45) is 0 Å². The Morgan fingerprint density at radius 2 is 1.78 bits per heavy atom. The largest absolute Gasteiger partial charge is 0.393 e. The lowest BCUT2D eigenvalue weighted by molar-refractivity contribution is -0.126. The van der Waals surface area contributed by atoms with E-state index in [1.165, 1.54) is 17.2 Å². The van der Waals surface area contributed by atoms with E-state index in [-0.39, 0.29) is 23.0 Å². The van der Waals surface area contributed by atoms with Crippen LogP contribution in [-0.2, 0) is 24.3 Å². The van der Waals surface area contributed by atoms with E-state index in [9.17, 15) is 18.4 Å². The predicted octanol–water partition coefficient (Wildman–Crippen LogP) is 5.21. The number of halogens is 3. The molecule has 0 amide bonds. The first-order valence-corrected chi connectivity index (χ1v) is 16.6. The van der Waals surface area contributed by atoms with Gasteiger partial charge in [-0.15, -0.1) is 11.3 Å². The zero-order valence-corrected chi connectivity index (χ0v) is 27.0. The van der Waals surface area contributed by atoms with Gasteiger partial charge in [0.1, 0.15) is 22.4 Å². The molecule has 6 rings (SSSR count). The van der Waals surface area contributed by atoms with Gasteiger partial charge in [0.15, 0.2) is 0 Å². The number of nitrogens with zero attached hydrogens (tertiary/aromatic N) is 6. The van der Waals surface area contributed by atoms with E-state index in [2.05, 4.69) is 60.3 Å². The predicted molar refractivity (Wildman–Crippen MR) is 175 cm³/mol. The molecule has 2 fully saturated rings. The van der Waals surface area contributed by atoms with E-state index in [1.807, 2.05) is 6.07 Å². The summed E-state index contributed by atoms with van der Waals surface area (Å²) in [5.41, 5.74) is 12.9. The number of fused-ring (bicyclic) bond motifs is 2. The average Bonchev–Trinajstić information content (AvgIpc) is 3.59. The molecule has 0 unspecified atom stereocenters. The number of piperidine rings is 2. The fraction of sp³-hybridized carbons (Fsp3) is 0.531. The third kappa shape index (κ3) is 7.39. The van der Waals surface area contributed by atoms with Crippen molar-refractivity contribution in [2.45, 2.75) is 70.4 Å². The Morgan fingerprint density at radius 3 is 2.48 bits per heavy atom. The zero-order valence-electron chi connectivity index (χ0n) is 26.2. The van der Waals surface area contributed by atoms with Gasteiger partial charge in [-0.1, -0.05) is 6.07 Å². The quantitative estimate of drug-likeness (QED) is 0.198. The lowest BCUT2D eigenvalue weighted by atomic mass is 10.0. The number of nitrogens with two attached hydrogens (primary N) is 1. The molecule has 46 heavy (non-hydrogen) atoms. The number of hydrogen-bond acceptors (Lipinski definition) is 10. The first kappa shape index (κ1) is 32.5. The van der Waals surface area contributed by atoms with Crippen LogP contribution in [0.3, 0.4) is 0 Å². The van der Waals surface area contributed by atoms with Crippen LogP contribution in [0.25, 0.3) is 21.1 Å². The van der Waals surface area contributed by atoms with Crippen molar-refractivity contribution in [1.29, 1.82) is 5.26 Å². The number of benzene rings is 1. The van der Waals surface area contributed by atoms with E-state index >= 15 is 0 Å². The normalized spacial score (nSPS) is 17.7. The summed E-state index contributed by atoms with van der Waals surface area (Å²) in [6.45, 7) is 8.30. The number of aryl methyl sites for hydroxylation is 1. The van der Waals surface area contributed by atoms with Gasteiger partial charge < -0.3 is 20.5 Å². The highest BCUT2D eigenvalue weighted by molar-refractivity contribution is 7.18. The summed E-state index contributed by atoms with van der Waals surface area (Å²) in [6, 6.07) is 10.4. The van der Waals surface area contributed by atoms with Crippen molar-refractivity contribution in [3.8, 4) is 6.07 Å². The first-order chi connectivity index (χ1) is 22.1. The molecule has 1 aromatic carbocycles. The highest BCUT2D eigenvalue weighted by Gasteiger charge is 2.30. The Bertz CT molecular complexity index is 1710. The monoisotopic (exact) mass is 655 g/mol. The maximum Gasteiger partial charge on any atom is 0.393 e. The Morgan fingerprint density at radius 1 is 1.04 bits per heavy atom. The van der Waals surface area contributed by atoms with Gasteiger partial charge >= 0.3 is 6.18 Å². The van der Waals surface area contributed by atoms with Gasteiger partial charge in [0.25, 0.3) is 0 Å². The molecule has 10 nitrogen and oxygen atoms in total. The zero-order chi connectivity index (χ0) is 32.4. The first-order valence-electron chi connectivity index (χ1n) is 15.8. The van der Waals surface area contributed by atoms with Crippen LogP contribution in [0.15, 0.2) is 24.3 Å². The van der Waals surface area contributed by atoms with Crippen LogP contribution in [0, 0.1) is 18.3 Å². The Labute approximate surface area is 270 Å². The number of nitriles is 1. The van der Waals surface area contributed by atoms with Gasteiger partial charge in [-0.05, 0) is 61.9 Å². The number of nitrogens with one attached hydrogen (secondary N) is 2. The molecule has 2 saturated heterocycles. The second-order valence-corrected chi connectivity index (χ2v) is 13.4. The molecule has 4 aromatic rings. The van der Waals surface area contributed by atoms with Crippen LogP contribution in [-0.4, -0.2) is 82.4 Å². The molecular formula is C32H40F3N9OS. The van der Waals surface area contributed by atoms with E-state index in [4.69, 9.17) is 10.6 Å². The molecule has 0 spiro atoms. The number of hydrogen-bond donors (Lipinski definition) is 3. The summed E-state index contributed by atoms with van der Waals surface area (Å²) < 4.78 is 41.1. The minimum absolute atomic E-state index is 0.0482. The van der Waals surface area contributed by atoms with Gasteiger partial charge in [-0.3, -0.25) is 9.74 Å². The summed E-state index contributed by atoms with van der Waals surface area (Å²) in [5, 5.41) is 15.1. The van der Waals surface area contributed by atoms with Crippen molar-refractivity contribution >= 4 is 44.2 Å². The smallest absolute Gasteiger partial charge is 0.368 e. The number of alkyl halides is 3. The molecule has 0 atom stereocenters. The van der Waals surface area contributed by atoms with Gasteiger partial charge in [-0.25, -0.2) is 10.5 Å². The number of hydroxylamine groups is 1. The summed E-state index contributed by atoms with van der Waals surface area (Å²) in [4.78, 5) is 19.6. The fourth-order valence-electron chi connectivity index (χ4n) is 6.74. The lowest BCUT2D eigenvalue weighted by Crippen LogP contribution is -2.40. The number of rotatable bonds is 10. The molecule has 246 valence electrons. The minimum atomic E-state index is -4.29. The molecule has 4 N–H and O–H groups in total. The molecule has 0 saturated carbocycles. The topological polar surface area (TPSA) is 120 Å². The molecule has 0 radical (unpaired) electrons. The summed E-state index contributed by atoms with van der Waals surface area (Å²) in [7, 11) is 1.80. The SMILES string of the molecule is CNOC1CCN(CCn2c(C#N)cc3c(C)c(CN4CCC(Nc5nc(N)nc6sc(CC(F)(F)F)cc56)CC4)ccc32)CC1. The van der Waals surface area contributed by atoms with Gasteiger partial charge in [0.05, 0.1) is 17.9 Å². The summed E-state index contributed by atoms with van der Waals surface area (Å²) in [6.07, 6.45) is -1.32. The third-order valence-electron chi connectivity index (χ3n) is 9.20. The number of likely N-dealkylation sites (tertiary alicyclic amines) is 2. The third-order valence-corrected chi connectivity index (χ3v) is 10.2. The van der Waals surface area contributed by atoms with Crippen molar-refractivity contribution in [1.82, 2.24) is 29.8 Å². The van der Waals surface area contributed by atoms with Crippen LogP contribution in [0.1, 0.15) is 47.4 Å². The second kappa shape index (κ2) is 13.7. The highest BCUT2D eigenvalue weighted by atomic mass is 32.1. The molecule has 3 aromatic heterocycles. The van der Waals surface area contributed by atoms with Crippen LogP contribution in [0.2, 0.25) is 0 Å². The Hall–Kier alpha value is -3.48. The highest BCUT2D eigenvalue weighted by Crippen LogP contribution is 2.34. The standard InChI is InChI=1S/C32H40F3N9OS/c1-20-21(3-4-28-26(20)15-23(18-36)44(28)14-13-42-11-7-24(8-12-42)45-38-2)19-43-9-5-22(6-10-43)39-29-27-16-25(17-32(33,34)35)46-30(27)41-31(37)40-29/h3-4,15-16,22,24,38H,5-14,17,19H2,1-2H3,(H3,37,39,40,41). The van der Waals surface area contributed by atoms with Crippen LogP contribution in [0.4, 0.5) is 24.9 Å². The van der Waals surface area contributed by atoms with E-state index in [1.54, 1.807) is 7.05 Å². The molecule has 5 heterocycles. The molecular weight excluding hydrogens is 615 g/mol. The fourth-order valence-corrected chi connectivity index (χ4v) is 7.80. The molecule has 2 aliphatic heterocycles. The number of aromatic nitrogens is 3.